The fourth-order valence-corrected chi connectivity index (χ4v) is 3.91. The molecule has 1 fully saturated rings. The van der Waals surface area contributed by atoms with Crippen molar-refractivity contribution >= 4 is 10.9 Å². The number of para-hydroxylation sites is 1. The predicted octanol–water partition coefficient (Wildman–Crippen LogP) is 4.41. The SMILES string of the molecule is Fc1ccc(-c2cnc([C@@H]3COCCN3Cc3c[nH]c4ccccc34)[nH]2)c(F)c1. The molecular weight excluding hydrogens is 374 g/mol. The zero-order valence-electron chi connectivity index (χ0n) is 15.7. The predicted molar refractivity (Wildman–Crippen MR) is 106 cm³/mol. The topological polar surface area (TPSA) is 56.9 Å². The van der Waals surface area contributed by atoms with Crippen molar-refractivity contribution < 1.29 is 13.5 Å². The van der Waals surface area contributed by atoms with Gasteiger partial charge in [0.25, 0.3) is 0 Å². The number of nitrogens with zero attached hydrogens (tertiary/aromatic N) is 2. The van der Waals surface area contributed by atoms with Crippen molar-refractivity contribution in [1.29, 1.82) is 0 Å². The zero-order valence-corrected chi connectivity index (χ0v) is 15.7. The van der Waals surface area contributed by atoms with Gasteiger partial charge in [0.05, 0.1) is 31.1 Å². The Balaban J connectivity index is 1.42. The Bertz CT molecular complexity index is 1150. The van der Waals surface area contributed by atoms with Gasteiger partial charge >= 0.3 is 0 Å². The number of ether oxygens (including phenoxy) is 1. The van der Waals surface area contributed by atoms with Crippen molar-refractivity contribution in [3.8, 4) is 11.3 Å². The molecule has 2 aromatic carbocycles. The number of aromatic amines is 2. The highest BCUT2D eigenvalue weighted by Gasteiger charge is 2.28. The molecule has 7 heteroatoms. The Labute approximate surface area is 166 Å². The number of benzene rings is 2. The van der Waals surface area contributed by atoms with Gasteiger partial charge in [0.15, 0.2) is 0 Å². The van der Waals surface area contributed by atoms with Crippen molar-refractivity contribution in [3.63, 3.8) is 0 Å². The average molecular weight is 394 g/mol. The highest BCUT2D eigenvalue weighted by atomic mass is 19.1. The van der Waals surface area contributed by atoms with Crippen LogP contribution in [-0.2, 0) is 11.3 Å². The van der Waals surface area contributed by atoms with E-state index in [1.807, 2.05) is 18.3 Å². The number of hydrogen-bond acceptors (Lipinski definition) is 3. The van der Waals surface area contributed by atoms with Crippen LogP contribution in [0.4, 0.5) is 8.78 Å². The van der Waals surface area contributed by atoms with Gasteiger partial charge in [0.2, 0.25) is 0 Å². The molecule has 0 aliphatic carbocycles. The summed E-state index contributed by atoms with van der Waals surface area (Å²) in [6.45, 7) is 2.67. The lowest BCUT2D eigenvalue weighted by atomic mass is 10.1. The van der Waals surface area contributed by atoms with Crippen molar-refractivity contribution in [1.82, 2.24) is 19.9 Å². The molecule has 148 valence electrons. The number of H-pyrrole nitrogens is 2. The van der Waals surface area contributed by atoms with Crippen LogP contribution in [0.2, 0.25) is 0 Å². The summed E-state index contributed by atoms with van der Waals surface area (Å²) in [6.07, 6.45) is 3.63. The zero-order chi connectivity index (χ0) is 19.8. The lowest BCUT2D eigenvalue weighted by Crippen LogP contribution is -2.39. The van der Waals surface area contributed by atoms with Crippen LogP contribution >= 0.6 is 0 Å². The fraction of sp³-hybridized carbons (Fsp3) is 0.227. The Morgan fingerprint density at radius 3 is 2.97 bits per heavy atom. The molecular formula is C22H20F2N4O. The fourth-order valence-electron chi connectivity index (χ4n) is 3.91. The quantitative estimate of drug-likeness (QED) is 0.539. The van der Waals surface area contributed by atoms with E-state index in [-0.39, 0.29) is 6.04 Å². The Hall–Kier alpha value is -3.03. The summed E-state index contributed by atoms with van der Waals surface area (Å²) >= 11 is 0. The number of nitrogens with one attached hydrogen (secondary N) is 2. The molecule has 0 amide bonds. The molecule has 2 N–H and O–H groups in total. The summed E-state index contributed by atoms with van der Waals surface area (Å²) in [5.41, 5.74) is 3.14. The third-order valence-electron chi connectivity index (χ3n) is 5.42. The van der Waals surface area contributed by atoms with E-state index in [1.165, 1.54) is 23.1 Å². The molecule has 0 saturated carbocycles. The van der Waals surface area contributed by atoms with Crippen LogP contribution in [0.1, 0.15) is 17.4 Å². The van der Waals surface area contributed by atoms with E-state index in [0.717, 1.165) is 24.7 Å². The van der Waals surface area contributed by atoms with Crippen molar-refractivity contribution in [2.75, 3.05) is 19.8 Å². The molecule has 5 nitrogen and oxygen atoms in total. The van der Waals surface area contributed by atoms with Gasteiger partial charge in [-0.05, 0) is 23.8 Å². The molecule has 0 bridgehead atoms. The second-order valence-electron chi connectivity index (χ2n) is 7.23. The van der Waals surface area contributed by atoms with E-state index in [9.17, 15) is 8.78 Å². The minimum absolute atomic E-state index is 0.0744. The summed E-state index contributed by atoms with van der Waals surface area (Å²) in [5, 5.41) is 1.20. The highest BCUT2D eigenvalue weighted by molar-refractivity contribution is 5.82. The number of imidazole rings is 1. The van der Waals surface area contributed by atoms with Crippen molar-refractivity contribution in [2.24, 2.45) is 0 Å². The first kappa shape index (κ1) is 18.0. The monoisotopic (exact) mass is 394 g/mol. The third kappa shape index (κ3) is 3.43. The molecule has 1 aliphatic heterocycles. The number of fused-ring (bicyclic) bond motifs is 1. The molecule has 0 unspecified atom stereocenters. The Morgan fingerprint density at radius 1 is 1.17 bits per heavy atom. The van der Waals surface area contributed by atoms with E-state index >= 15 is 0 Å². The van der Waals surface area contributed by atoms with E-state index in [4.69, 9.17) is 4.74 Å². The standard InChI is InChI=1S/C22H20F2N4O/c23-15-5-6-17(18(24)9-15)20-11-26-22(27-20)21-13-29-8-7-28(21)12-14-10-25-19-4-2-1-3-16(14)19/h1-6,9-11,21,25H,7-8,12-13H2,(H,26,27)/t21-/m0/s1. The minimum Gasteiger partial charge on any atom is -0.378 e. The maximum absolute atomic E-state index is 14.1. The summed E-state index contributed by atoms with van der Waals surface area (Å²) < 4.78 is 33.0. The van der Waals surface area contributed by atoms with Gasteiger partial charge in [0.1, 0.15) is 17.5 Å². The van der Waals surface area contributed by atoms with Gasteiger partial charge in [-0.3, -0.25) is 4.90 Å². The molecule has 5 rings (SSSR count). The smallest absolute Gasteiger partial charge is 0.135 e. The van der Waals surface area contributed by atoms with Crippen LogP contribution in [0.3, 0.4) is 0 Å². The number of morpholine rings is 1. The largest absolute Gasteiger partial charge is 0.378 e. The van der Waals surface area contributed by atoms with Crippen molar-refractivity contribution in [2.45, 2.75) is 12.6 Å². The summed E-state index contributed by atoms with van der Waals surface area (Å²) in [4.78, 5) is 13.3. The summed E-state index contributed by atoms with van der Waals surface area (Å²) in [5.74, 6) is -0.504. The number of aromatic nitrogens is 3. The molecule has 1 saturated heterocycles. The lowest BCUT2D eigenvalue weighted by Gasteiger charge is -2.34. The minimum atomic E-state index is -0.615. The van der Waals surface area contributed by atoms with Crippen LogP contribution in [-0.4, -0.2) is 39.6 Å². The summed E-state index contributed by atoms with van der Waals surface area (Å²) in [7, 11) is 0. The first-order valence-corrected chi connectivity index (χ1v) is 9.56. The first-order chi connectivity index (χ1) is 14.2. The molecule has 0 spiro atoms. The van der Waals surface area contributed by atoms with Gasteiger partial charge < -0.3 is 14.7 Å². The molecule has 3 heterocycles. The van der Waals surface area contributed by atoms with Crippen LogP contribution in [0.5, 0.6) is 0 Å². The molecule has 4 aromatic rings. The van der Waals surface area contributed by atoms with E-state index < -0.39 is 11.6 Å². The van der Waals surface area contributed by atoms with Crippen LogP contribution < -0.4 is 0 Å². The second-order valence-corrected chi connectivity index (χ2v) is 7.23. The third-order valence-corrected chi connectivity index (χ3v) is 5.42. The normalized spacial score (nSPS) is 17.8. The Kier molecular flexibility index (Phi) is 4.61. The van der Waals surface area contributed by atoms with Gasteiger partial charge in [0, 0.05) is 41.8 Å². The molecule has 29 heavy (non-hydrogen) atoms. The van der Waals surface area contributed by atoms with E-state index in [0.29, 0.717) is 30.3 Å². The van der Waals surface area contributed by atoms with Gasteiger partial charge in [-0.1, -0.05) is 18.2 Å². The lowest BCUT2D eigenvalue weighted by molar-refractivity contribution is -0.0154. The van der Waals surface area contributed by atoms with Gasteiger partial charge in [-0.2, -0.15) is 0 Å². The number of rotatable bonds is 4. The first-order valence-electron chi connectivity index (χ1n) is 9.56. The van der Waals surface area contributed by atoms with Crippen molar-refractivity contribution in [3.05, 3.63) is 77.9 Å². The van der Waals surface area contributed by atoms with Gasteiger partial charge in [-0.15, -0.1) is 0 Å². The van der Waals surface area contributed by atoms with E-state index in [1.54, 1.807) is 6.20 Å². The highest BCUT2D eigenvalue weighted by Crippen LogP contribution is 2.29. The molecule has 1 atom stereocenters. The maximum Gasteiger partial charge on any atom is 0.135 e. The Morgan fingerprint density at radius 2 is 2.07 bits per heavy atom. The van der Waals surface area contributed by atoms with Crippen LogP contribution in [0.25, 0.3) is 22.2 Å². The van der Waals surface area contributed by atoms with Crippen LogP contribution in [0.15, 0.2) is 54.9 Å². The van der Waals surface area contributed by atoms with E-state index in [2.05, 4.69) is 32.0 Å². The maximum atomic E-state index is 14.1. The molecule has 1 aliphatic rings. The second kappa shape index (κ2) is 7.42. The van der Waals surface area contributed by atoms with Gasteiger partial charge in [-0.25, -0.2) is 13.8 Å². The molecule has 2 aromatic heterocycles. The molecule has 0 radical (unpaired) electrons. The average Bonchev–Trinajstić information content (AvgIpc) is 3.36. The van der Waals surface area contributed by atoms with Crippen LogP contribution in [0, 0.1) is 11.6 Å². The summed E-state index contributed by atoms with van der Waals surface area (Å²) in [6, 6.07) is 11.7. The number of hydrogen-bond donors (Lipinski definition) is 2. The number of halogens is 2.